The molecule has 1 saturated heterocycles. The van der Waals surface area contributed by atoms with E-state index in [9.17, 15) is 4.79 Å². The SMILES string of the molecule is C=C1C[C@@H](c2nc3ccc(C(C)(C)C)cc3[nH]2)N(C(=O)c2cc(OC)c(OC)cc2-n2nccn2)C1. The number of likely N-dealkylation sites (tertiary alicyclic amines) is 1. The minimum atomic E-state index is -0.276. The minimum Gasteiger partial charge on any atom is -0.493 e. The van der Waals surface area contributed by atoms with Crippen LogP contribution in [0.1, 0.15) is 55.0 Å². The second-order valence-electron chi connectivity index (χ2n) is 10.0. The molecule has 2 aromatic heterocycles. The molecule has 9 heteroatoms. The number of imidazole rings is 1. The van der Waals surface area contributed by atoms with E-state index in [0.29, 0.717) is 35.7 Å². The summed E-state index contributed by atoms with van der Waals surface area (Å²) in [4.78, 5) is 25.6. The highest BCUT2D eigenvalue weighted by atomic mass is 16.5. The lowest BCUT2D eigenvalue weighted by Crippen LogP contribution is -2.32. The molecule has 9 nitrogen and oxygen atoms in total. The second kappa shape index (κ2) is 8.82. The van der Waals surface area contributed by atoms with Gasteiger partial charge in [0.25, 0.3) is 5.91 Å². The third-order valence-electron chi connectivity index (χ3n) is 6.56. The summed E-state index contributed by atoms with van der Waals surface area (Å²) in [5.41, 5.74) is 4.92. The van der Waals surface area contributed by atoms with E-state index in [1.807, 2.05) is 6.07 Å². The van der Waals surface area contributed by atoms with Crippen molar-refractivity contribution in [3.8, 4) is 17.2 Å². The van der Waals surface area contributed by atoms with E-state index in [-0.39, 0.29) is 17.4 Å². The van der Waals surface area contributed by atoms with E-state index in [1.54, 1.807) is 43.6 Å². The molecule has 3 heterocycles. The second-order valence-corrected chi connectivity index (χ2v) is 10.0. The summed E-state index contributed by atoms with van der Waals surface area (Å²) in [6.07, 6.45) is 3.75. The molecular formula is C27H30N6O3. The molecule has 0 radical (unpaired) electrons. The number of nitrogens with zero attached hydrogens (tertiary/aromatic N) is 5. The van der Waals surface area contributed by atoms with Gasteiger partial charge < -0.3 is 19.4 Å². The van der Waals surface area contributed by atoms with E-state index in [1.165, 1.54) is 10.4 Å². The molecule has 0 unspecified atom stereocenters. The number of nitrogens with one attached hydrogen (secondary N) is 1. The van der Waals surface area contributed by atoms with Crippen molar-refractivity contribution < 1.29 is 14.3 Å². The normalized spacial score (nSPS) is 16.1. The first-order chi connectivity index (χ1) is 17.2. The molecule has 0 bridgehead atoms. The zero-order chi connectivity index (χ0) is 25.6. The van der Waals surface area contributed by atoms with Gasteiger partial charge in [-0.1, -0.05) is 39.0 Å². The summed E-state index contributed by atoms with van der Waals surface area (Å²) < 4.78 is 11.0. The van der Waals surface area contributed by atoms with E-state index in [4.69, 9.17) is 14.5 Å². The number of aromatic nitrogens is 5. The smallest absolute Gasteiger partial charge is 0.257 e. The zero-order valence-electron chi connectivity index (χ0n) is 21.2. The Morgan fingerprint density at radius 2 is 1.78 bits per heavy atom. The van der Waals surface area contributed by atoms with Crippen molar-refractivity contribution in [2.75, 3.05) is 20.8 Å². The van der Waals surface area contributed by atoms with Crippen LogP contribution in [0.2, 0.25) is 0 Å². The molecule has 5 rings (SSSR count). The molecule has 186 valence electrons. The Labute approximate surface area is 209 Å². The monoisotopic (exact) mass is 486 g/mol. The largest absolute Gasteiger partial charge is 0.493 e. The van der Waals surface area contributed by atoms with Crippen LogP contribution in [0, 0.1) is 0 Å². The third-order valence-corrected chi connectivity index (χ3v) is 6.56. The van der Waals surface area contributed by atoms with Crippen molar-refractivity contribution in [3.63, 3.8) is 0 Å². The third kappa shape index (κ3) is 4.10. The highest BCUT2D eigenvalue weighted by molar-refractivity contribution is 5.99. The van der Waals surface area contributed by atoms with Crippen molar-refractivity contribution in [1.29, 1.82) is 0 Å². The van der Waals surface area contributed by atoms with Crippen LogP contribution in [0.25, 0.3) is 16.7 Å². The van der Waals surface area contributed by atoms with E-state index >= 15 is 0 Å². The van der Waals surface area contributed by atoms with E-state index in [2.05, 4.69) is 54.7 Å². The fourth-order valence-corrected chi connectivity index (χ4v) is 4.61. The predicted molar refractivity (Wildman–Crippen MR) is 137 cm³/mol. The number of H-pyrrole nitrogens is 1. The Bertz CT molecular complexity index is 1450. The number of ether oxygens (including phenoxy) is 2. The Kier molecular flexibility index (Phi) is 5.78. The highest BCUT2D eigenvalue weighted by Gasteiger charge is 2.36. The van der Waals surface area contributed by atoms with Crippen LogP contribution in [0.3, 0.4) is 0 Å². The van der Waals surface area contributed by atoms with Gasteiger partial charge in [0.15, 0.2) is 11.5 Å². The Balaban J connectivity index is 1.57. The van der Waals surface area contributed by atoms with Gasteiger partial charge in [-0.3, -0.25) is 4.79 Å². The fourth-order valence-electron chi connectivity index (χ4n) is 4.61. The Morgan fingerprint density at radius 3 is 2.44 bits per heavy atom. The topological polar surface area (TPSA) is 98.2 Å². The van der Waals surface area contributed by atoms with Crippen LogP contribution in [0.4, 0.5) is 0 Å². The first-order valence-electron chi connectivity index (χ1n) is 11.8. The van der Waals surface area contributed by atoms with Crippen molar-refractivity contribution in [1.82, 2.24) is 29.9 Å². The Morgan fingerprint density at radius 1 is 1.08 bits per heavy atom. The number of rotatable bonds is 5. The van der Waals surface area contributed by atoms with Gasteiger partial charge in [0.05, 0.1) is 49.3 Å². The first kappa shape index (κ1) is 23.6. The molecule has 0 saturated carbocycles. The Hall–Kier alpha value is -4.14. The van der Waals surface area contributed by atoms with Gasteiger partial charge >= 0.3 is 0 Å². The van der Waals surface area contributed by atoms with Crippen molar-refractivity contribution in [2.45, 2.75) is 38.6 Å². The molecule has 1 atom stereocenters. The lowest BCUT2D eigenvalue weighted by molar-refractivity contribution is 0.0732. The van der Waals surface area contributed by atoms with Gasteiger partial charge in [-0.05, 0) is 35.6 Å². The molecule has 1 amide bonds. The zero-order valence-corrected chi connectivity index (χ0v) is 21.2. The number of fused-ring (bicyclic) bond motifs is 1. The average molecular weight is 487 g/mol. The first-order valence-corrected chi connectivity index (χ1v) is 11.8. The molecular weight excluding hydrogens is 456 g/mol. The number of aromatic amines is 1. The maximum Gasteiger partial charge on any atom is 0.257 e. The van der Waals surface area contributed by atoms with Crippen molar-refractivity contribution in [3.05, 3.63) is 71.8 Å². The van der Waals surface area contributed by atoms with Gasteiger partial charge in [-0.2, -0.15) is 15.0 Å². The molecule has 1 aliphatic heterocycles. The summed E-state index contributed by atoms with van der Waals surface area (Å²) in [5.74, 6) is 1.48. The molecule has 1 aliphatic rings. The molecule has 1 N–H and O–H groups in total. The predicted octanol–water partition coefficient (Wildman–Crippen LogP) is 4.60. The lowest BCUT2D eigenvalue weighted by atomic mass is 9.87. The van der Waals surface area contributed by atoms with Crippen LogP contribution in [0.15, 0.2) is 54.9 Å². The molecule has 4 aromatic rings. The molecule has 0 spiro atoms. The van der Waals surface area contributed by atoms with Gasteiger partial charge in [-0.25, -0.2) is 4.98 Å². The van der Waals surface area contributed by atoms with E-state index < -0.39 is 0 Å². The summed E-state index contributed by atoms with van der Waals surface area (Å²) in [5, 5.41) is 8.48. The maximum absolute atomic E-state index is 14.0. The van der Waals surface area contributed by atoms with E-state index in [0.717, 1.165) is 22.4 Å². The fraction of sp³-hybridized carbons (Fsp3) is 0.333. The van der Waals surface area contributed by atoms with Crippen molar-refractivity contribution in [2.24, 2.45) is 0 Å². The number of hydrogen-bond donors (Lipinski definition) is 1. The van der Waals surface area contributed by atoms with Crippen LogP contribution < -0.4 is 9.47 Å². The van der Waals surface area contributed by atoms with Gasteiger partial charge in [0, 0.05) is 12.6 Å². The summed E-state index contributed by atoms with van der Waals surface area (Å²) >= 11 is 0. The van der Waals surface area contributed by atoms with Crippen LogP contribution in [0.5, 0.6) is 11.5 Å². The van der Waals surface area contributed by atoms with Crippen LogP contribution in [-0.2, 0) is 5.41 Å². The standard InChI is InChI=1S/C27H30N6O3/c1-16-11-22(25-30-19-8-7-17(27(2,3)4)12-20(19)31-25)32(15-16)26(34)18-13-23(35-5)24(36-6)14-21(18)33-28-9-10-29-33/h7-10,12-14,22H,1,11,15H2,2-6H3,(H,30,31)/t22-/m0/s1. The molecule has 1 fully saturated rings. The summed E-state index contributed by atoms with van der Waals surface area (Å²) in [6, 6.07) is 9.38. The van der Waals surface area contributed by atoms with Crippen LogP contribution in [-0.4, -0.2) is 56.5 Å². The molecule has 2 aromatic carbocycles. The maximum atomic E-state index is 14.0. The average Bonchev–Trinajstić information content (AvgIpc) is 3.60. The van der Waals surface area contributed by atoms with Crippen molar-refractivity contribution >= 4 is 16.9 Å². The quantitative estimate of drug-likeness (QED) is 0.414. The number of hydrogen-bond acceptors (Lipinski definition) is 6. The minimum absolute atomic E-state index is 0.0213. The molecule has 36 heavy (non-hydrogen) atoms. The molecule has 0 aliphatic carbocycles. The lowest BCUT2D eigenvalue weighted by Gasteiger charge is -2.24. The van der Waals surface area contributed by atoms with Gasteiger partial charge in [-0.15, -0.1) is 0 Å². The summed E-state index contributed by atoms with van der Waals surface area (Å²) in [6.45, 7) is 11.2. The van der Waals surface area contributed by atoms with Gasteiger partial charge in [0.1, 0.15) is 11.5 Å². The number of carbonyl (C=O) groups excluding carboxylic acids is 1. The summed E-state index contributed by atoms with van der Waals surface area (Å²) in [7, 11) is 3.09. The number of amides is 1. The number of methoxy groups -OCH3 is 2. The highest BCUT2D eigenvalue weighted by Crippen LogP contribution is 2.38. The van der Waals surface area contributed by atoms with Crippen LogP contribution >= 0.6 is 0 Å². The number of carbonyl (C=O) groups is 1. The van der Waals surface area contributed by atoms with Gasteiger partial charge in [0.2, 0.25) is 0 Å². The number of benzene rings is 2.